The van der Waals surface area contributed by atoms with E-state index in [1.165, 1.54) is 13.0 Å². The number of rotatable bonds is 1. The van der Waals surface area contributed by atoms with Crippen molar-refractivity contribution in [3.8, 4) is 5.75 Å². The highest BCUT2D eigenvalue weighted by Crippen LogP contribution is 2.32. The Bertz CT molecular complexity index is 521. The van der Waals surface area contributed by atoms with Gasteiger partial charge in [-0.05, 0) is 6.07 Å². The number of carbonyl (C=O) groups is 3. The van der Waals surface area contributed by atoms with Crippen molar-refractivity contribution in [1.82, 2.24) is 0 Å². The molecule has 0 saturated heterocycles. The predicted molar refractivity (Wildman–Crippen MR) is 63.7 cm³/mol. The maximum atomic E-state index is 11.9. The number of ketones is 2. The van der Waals surface area contributed by atoms with E-state index in [9.17, 15) is 14.4 Å². The summed E-state index contributed by atoms with van der Waals surface area (Å²) in [5.41, 5.74) is 0.519. The van der Waals surface area contributed by atoms with Crippen molar-refractivity contribution < 1.29 is 19.1 Å². The molecule has 0 N–H and O–H groups in total. The first-order chi connectivity index (χ1) is 8.00. The van der Waals surface area contributed by atoms with Gasteiger partial charge in [0, 0.05) is 18.9 Å². The minimum Gasteiger partial charge on any atom is -0.426 e. The molecule has 4 nitrogen and oxygen atoms in total. The van der Waals surface area contributed by atoms with E-state index >= 15 is 0 Å². The standard InChI is InChI=1S/C12H9BrO4/c1-6(14)17-10-4-2-3-7-11(10)9(15)5-8(13)12(7)16/h2-4,8H,5H2,1H3. The molecule has 0 saturated carbocycles. The normalized spacial score (nSPS) is 18.8. The highest BCUT2D eigenvalue weighted by molar-refractivity contribution is 9.10. The molecule has 1 aromatic rings. The third-order valence-electron chi connectivity index (χ3n) is 2.47. The molecule has 0 heterocycles. The Balaban J connectivity index is 2.57. The molecule has 1 unspecified atom stereocenters. The molecule has 0 radical (unpaired) electrons. The first-order valence-electron chi connectivity index (χ1n) is 5.03. The second kappa shape index (κ2) is 4.41. The van der Waals surface area contributed by atoms with Gasteiger partial charge in [0.1, 0.15) is 5.75 Å². The van der Waals surface area contributed by atoms with Crippen LogP contribution in [0.3, 0.4) is 0 Å². The van der Waals surface area contributed by atoms with Crippen LogP contribution in [-0.2, 0) is 4.79 Å². The smallest absolute Gasteiger partial charge is 0.308 e. The third-order valence-corrected chi connectivity index (χ3v) is 3.21. The molecule has 0 bridgehead atoms. The Morgan fingerprint density at radius 1 is 1.41 bits per heavy atom. The van der Waals surface area contributed by atoms with Crippen LogP contribution in [0.1, 0.15) is 34.1 Å². The summed E-state index contributed by atoms with van der Waals surface area (Å²) in [6, 6.07) is 4.67. The van der Waals surface area contributed by atoms with Gasteiger partial charge in [0.05, 0.1) is 10.4 Å². The van der Waals surface area contributed by atoms with E-state index in [-0.39, 0.29) is 29.3 Å². The zero-order valence-corrected chi connectivity index (χ0v) is 10.6. The molecule has 1 atom stereocenters. The quantitative estimate of drug-likeness (QED) is 0.453. The van der Waals surface area contributed by atoms with Crippen LogP contribution >= 0.6 is 15.9 Å². The lowest BCUT2D eigenvalue weighted by molar-refractivity contribution is -0.131. The average Bonchev–Trinajstić information content (AvgIpc) is 2.25. The van der Waals surface area contributed by atoms with Crippen LogP contribution in [0, 0.1) is 0 Å². The molecule has 0 aliphatic heterocycles. The Kier molecular flexibility index (Phi) is 3.11. The van der Waals surface area contributed by atoms with Gasteiger partial charge in [-0.2, -0.15) is 0 Å². The second-order valence-corrected chi connectivity index (χ2v) is 4.84. The molecule has 1 aliphatic carbocycles. The van der Waals surface area contributed by atoms with Crippen molar-refractivity contribution in [2.24, 2.45) is 0 Å². The van der Waals surface area contributed by atoms with Crippen molar-refractivity contribution in [3.63, 3.8) is 0 Å². The van der Waals surface area contributed by atoms with Gasteiger partial charge in [0.2, 0.25) is 0 Å². The lowest BCUT2D eigenvalue weighted by atomic mass is 9.89. The maximum Gasteiger partial charge on any atom is 0.308 e. The molecule has 0 fully saturated rings. The van der Waals surface area contributed by atoms with Crippen LogP contribution in [0.2, 0.25) is 0 Å². The Morgan fingerprint density at radius 2 is 2.12 bits per heavy atom. The molecule has 2 rings (SSSR count). The fourth-order valence-electron chi connectivity index (χ4n) is 1.79. The highest BCUT2D eigenvalue weighted by Gasteiger charge is 2.33. The van der Waals surface area contributed by atoms with E-state index in [1.807, 2.05) is 0 Å². The molecule has 0 aromatic heterocycles. The first-order valence-corrected chi connectivity index (χ1v) is 5.95. The number of Topliss-reactive ketones (excluding diaryl/α,β-unsaturated/α-hetero) is 2. The van der Waals surface area contributed by atoms with Gasteiger partial charge < -0.3 is 4.74 Å². The zero-order chi connectivity index (χ0) is 12.6. The van der Waals surface area contributed by atoms with Gasteiger partial charge in [-0.15, -0.1) is 0 Å². The Hall–Kier alpha value is -1.49. The van der Waals surface area contributed by atoms with Crippen LogP contribution in [0.25, 0.3) is 0 Å². The number of hydrogen-bond acceptors (Lipinski definition) is 4. The zero-order valence-electron chi connectivity index (χ0n) is 9.03. The number of alkyl halides is 1. The van der Waals surface area contributed by atoms with Gasteiger partial charge in [0.15, 0.2) is 11.6 Å². The number of esters is 1. The summed E-state index contributed by atoms with van der Waals surface area (Å²) < 4.78 is 4.94. The molecular formula is C12H9BrO4. The van der Waals surface area contributed by atoms with Gasteiger partial charge in [-0.3, -0.25) is 14.4 Å². The van der Waals surface area contributed by atoms with Gasteiger partial charge in [0.25, 0.3) is 0 Å². The van der Waals surface area contributed by atoms with Crippen molar-refractivity contribution in [1.29, 1.82) is 0 Å². The van der Waals surface area contributed by atoms with Crippen LogP contribution < -0.4 is 4.74 Å². The summed E-state index contributed by atoms with van der Waals surface area (Å²) in [6.45, 7) is 1.25. The lowest BCUT2D eigenvalue weighted by Gasteiger charge is -2.19. The van der Waals surface area contributed by atoms with Crippen LogP contribution in [0.15, 0.2) is 18.2 Å². The molecule has 1 aliphatic rings. The Morgan fingerprint density at radius 3 is 2.76 bits per heavy atom. The highest BCUT2D eigenvalue weighted by atomic mass is 79.9. The molecule has 5 heteroatoms. The lowest BCUT2D eigenvalue weighted by Crippen LogP contribution is -2.27. The molecule has 17 heavy (non-hydrogen) atoms. The summed E-state index contributed by atoms with van der Waals surface area (Å²) in [7, 11) is 0. The minimum absolute atomic E-state index is 0.0874. The fourth-order valence-corrected chi connectivity index (χ4v) is 2.33. The van der Waals surface area contributed by atoms with Crippen LogP contribution in [-0.4, -0.2) is 22.4 Å². The van der Waals surface area contributed by atoms with E-state index < -0.39 is 10.8 Å². The molecule has 88 valence electrons. The van der Waals surface area contributed by atoms with E-state index in [0.717, 1.165) is 0 Å². The molecular weight excluding hydrogens is 288 g/mol. The summed E-state index contributed by atoms with van der Waals surface area (Å²) in [5.74, 6) is -0.709. The van der Waals surface area contributed by atoms with Gasteiger partial charge in [-0.1, -0.05) is 28.1 Å². The largest absolute Gasteiger partial charge is 0.426 e. The predicted octanol–water partition coefficient (Wildman–Crippen LogP) is 2.14. The van der Waals surface area contributed by atoms with E-state index in [1.54, 1.807) is 12.1 Å². The monoisotopic (exact) mass is 296 g/mol. The van der Waals surface area contributed by atoms with Crippen molar-refractivity contribution in [2.75, 3.05) is 0 Å². The summed E-state index contributed by atoms with van der Waals surface area (Å²) in [4.78, 5) is 34.2. The molecule has 0 amide bonds. The maximum absolute atomic E-state index is 11.9. The van der Waals surface area contributed by atoms with Gasteiger partial charge >= 0.3 is 5.97 Å². The summed E-state index contributed by atoms with van der Waals surface area (Å²) in [5, 5.41) is 0. The van der Waals surface area contributed by atoms with Crippen LogP contribution in [0.4, 0.5) is 0 Å². The summed E-state index contributed by atoms with van der Waals surface area (Å²) >= 11 is 3.16. The summed E-state index contributed by atoms with van der Waals surface area (Å²) in [6.07, 6.45) is 0.0874. The van der Waals surface area contributed by atoms with Crippen molar-refractivity contribution >= 4 is 33.5 Å². The molecule has 1 aromatic carbocycles. The number of hydrogen-bond donors (Lipinski definition) is 0. The first kappa shape index (κ1) is 12.0. The number of carbonyl (C=O) groups excluding carboxylic acids is 3. The van der Waals surface area contributed by atoms with Crippen LogP contribution in [0.5, 0.6) is 5.75 Å². The Labute approximate surface area is 106 Å². The average molecular weight is 297 g/mol. The minimum atomic E-state index is -0.514. The number of ether oxygens (including phenoxy) is 1. The van der Waals surface area contributed by atoms with Gasteiger partial charge in [-0.25, -0.2) is 0 Å². The molecule has 0 spiro atoms. The number of fused-ring (bicyclic) bond motifs is 1. The van der Waals surface area contributed by atoms with Crippen molar-refractivity contribution in [2.45, 2.75) is 18.2 Å². The topological polar surface area (TPSA) is 60.4 Å². The van der Waals surface area contributed by atoms with E-state index in [4.69, 9.17) is 4.74 Å². The van der Waals surface area contributed by atoms with E-state index in [2.05, 4.69) is 15.9 Å². The number of halogens is 1. The SMILES string of the molecule is CC(=O)Oc1cccc2c1C(=O)CC(Br)C2=O. The number of benzene rings is 1. The van der Waals surface area contributed by atoms with Crippen molar-refractivity contribution in [3.05, 3.63) is 29.3 Å². The second-order valence-electron chi connectivity index (χ2n) is 3.73. The fraction of sp³-hybridized carbons (Fsp3) is 0.250. The third kappa shape index (κ3) is 2.15. The van der Waals surface area contributed by atoms with E-state index in [0.29, 0.717) is 5.56 Å².